The lowest BCUT2D eigenvalue weighted by molar-refractivity contribution is 0.0659. The van der Waals surface area contributed by atoms with Crippen LogP contribution in [0, 0.1) is 6.92 Å². The maximum atomic E-state index is 10.2. The van der Waals surface area contributed by atoms with E-state index in [1.165, 1.54) is 6.92 Å². The number of aryl methyl sites for hydroxylation is 1. The number of carboxylic acids is 1. The molecule has 0 unspecified atom stereocenters. The summed E-state index contributed by atoms with van der Waals surface area (Å²) in [6, 6.07) is 0. The molecular formula is C5H4O5. The van der Waals surface area contributed by atoms with Gasteiger partial charge < -0.3 is 13.9 Å². The molecule has 10 heavy (non-hydrogen) atoms. The molecule has 5 heteroatoms. The molecule has 0 fully saturated rings. The van der Waals surface area contributed by atoms with Crippen molar-refractivity contribution in [2.24, 2.45) is 0 Å². The standard InChI is InChI=1S/C5H4O5/c1-2-3(4(6)7)10-5(8)9-2/h1H3,(H,6,7). The fourth-order valence-electron chi connectivity index (χ4n) is 0.542. The summed E-state index contributed by atoms with van der Waals surface area (Å²) in [6.45, 7) is 1.34. The van der Waals surface area contributed by atoms with E-state index in [9.17, 15) is 9.59 Å². The summed E-state index contributed by atoms with van der Waals surface area (Å²) in [6.07, 6.45) is 0. The summed E-state index contributed by atoms with van der Waals surface area (Å²) in [5, 5.41) is 8.29. The molecule has 0 aliphatic carbocycles. The summed E-state index contributed by atoms with van der Waals surface area (Å²) in [5.74, 6) is -2.75. The van der Waals surface area contributed by atoms with E-state index < -0.39 is 17.6 Å². The van der Waals surface area contributed by atoms with Crippen LogP contribution in [0.25, 0.3) is 0 Å². The van der Waals surface area contributed by atoms with Gasteiger partial charge in [-0.25, -0.2) is 9.59 Å². The molecule has 0 bridgehead atoms. The van der Waals surface area contributed by atoms with Gasteiger partial charge in [0.25, 0.3) is 5.76 Å². The van der Waals surface area contributed by atoms with Crippen LogP contribution in [0.3, 0.4) is 0 Å². The normalized spacial score (nSPS) is 9.70. The van der Waals surface area contributed by atoms with Crippen LogP contribution >= 0.6 is 0 Å². The highest BCUT2D eigenvalue weighted by Gasteiger charge is 2.14. The smallest absolute Gasteiger partial charge is 0.475 e. The van der Waals surface area contributed by atoms with Crippen LogP contribution in [0.2, 0.25) is 0 Å². The third-order valence-corrected chi connectivity index (χ3v) is 0.936. The van der Waals surface area contributed by atoms with Crippen molar-refractivity contribution < 1.29 is 18.7 Å². The molecule has 0 aliphatic rings. The number of hydrogen-bond donors (Lipinski definition) is 1. The molecule has 1 rings (SSSR count). The van der Waals surface area contributed by atoms with Crippen molar-refractivity contribution in [2.45, 2.75) is 6.92 Å². The molecule has 1 N–H and O–H groups in total. The monoisotopic (exact) mass is 144 g/mol. The number of rotatable bonds is 1. The van der Waals surface area contributed by atoms with E-state index in [2.05, 4.69) is 8.83 Å². The van der Waals surface area contributed by atoms with Gasteiger partial charge in [0.15, 0.2) is 5.76 Å². The minimum atomic E-state index is -1.30. The lowest BCUT2D eigenvalue weighted by atomic mass is 10.4. The molecule has 0 saturated heterocycles. The molecule has 1 aromatic rings. The topological polar surface area (TPSA) is 80.7 Å². The van der Waals surface area contributed by atoms with Crippen molar-refractivity contribution in [2.75, 3.05) is 0 Å². The average molecular weight is 144 g/mol. The average Bonchev–Trinajstić information content (AvgIpc) is 2.10. The molecule has 0 radical (unpaired) electrons. The zero-order valence-corrected chi connectivity index (χ0v) is 5.08. The SMILES string of the molecule is Cc1oc(=O)oc1C(=O)O. The first kappa shape index (κ1) is 6.60. The first-order valence-corrected chi connectivity index (χ1v) is 2.45. The van der Waals surface area contributed by atoms with Gasteiger partial charge in [0.1, 0.15) is 0 Å². The minimum Gasteiger partial charge on any atom is -0.475 e. The summed E-state index contributed by atoms with van der Waals surface area (Å²) in [5.41, 5.74) is 0. The molecule has 0 atom stereocenters. The van der Waals surface area contributed by atoms with Crippen molar-refractivity contribution in [3.8, 4) is 0 Å². The molecular weight excluding hydrogens is 140 g/mol. The predicted octanol–water partition coefficient (Wildman–Crippen LogP) is 0.239. The number of carbonyl (C=O) groups is 1. The van der Waals surface area contributed by atoms with Crippen LogP contribution in [-0.2, 0) is 0 Å². The van der Waals surface area contributed by atoms with Crippen LogP contribution in [0.4, 0.5) is 0 Å². The highest BCUT2D eigenvalue weighted by Crippen LogP contribution is 2.02. The Hall–Kier alpha value is -1.52. The lowest BCUT2D eigenvalue weighted by Crippen LogP contribution is -1.96. The van der Waals surface area contributed by atoms with Crippen LogP contribution < -0.4 is 5.82 Å². The van der Waals surface area contributed by atoms with Crippen molar-refractivity contribution in [1.29, 1.82) is 0 Å². The molecule has 0 aromatic carbocycles. The second-order valence-corrected chi connectivity index (χ2v) is 1.64. The fraction of sp³-hybridized carbons (Fsp3) is 0.200. The first-order chi connectivity index (χ1) is 4.61. The van der Waals surface area contributed by atoms with Gasteiger partial charge in [0.05, 0.1) is 0 Å². The summed E-state index contributed by atoms with van der Waals surface area (Å²) in [7, 11) is 0. The van der Waals surface area contributed by atoms with E-state index in [4.69, 9.17) is 5.11 Å². The molecule has 54 valence electrons. The zero-order valence-electron chi connectivity index (χ0n) is 5.08. The Morgan fingerprint density at radius 3 is 2.30 bits per heavy atom. The molecule has 0 aliphatic heterocycles. The Morgan fingerprint density at radius 2 is 2.10 bits per heavy atom. The maximum Gasteiger partial charge on any atom is 0.519 e. The van der Waals surface area contributed by atoms with Gasteiger partial charge in [-0.15, -0.1) is 0 Å². The molecule has 1 aromatic heterocycles. The highest BCUT2D eigenvalue weighted by atomic mass is 16.6. The van der Waals surface area contributed by atoms with E-state index in [1.54, 1.807) is 0 Å². The number of aromatic carboxylic acids is 1. The van der Waals surface area contributed by atoms with Gasteiger partial charge in [-0.05, 0) is 6.92 Å². The van der Waals surface area contributed by atoms with Gasteiger partial charge >= 0.3 is 11.8 Å². The summed E-state index contributed by atoms with van der Waals surface area (Å²) >= 11 is 0. The van der Waals surface area contributed by atoms with Crippen molar-refractivity contribution >= 4 is 5.97 Å². The predicted molar refractivity (Wildman–Crippen MR) is 28.9 cm³/mol. The van der Waals surface area contributed by atoms with Gasteiger partial charge in [-0.3, -0.25) is 0 Å². The Morgan fingerprint density at radius 1 is 1.50 bits per heavy atom. The van der Waals surface area contributed by atoms with Gasteiger partial charge in [-0.2, -0.15) is 0 Å². The lowest BCUT2D eigenvalue weighted by Gasteiger charge is -1.81. The number of carboxylic acid groups (broad SMARTS) is 1. The van der Waals surface area contributed by atoms with E-state index in [-0.39, 0.29) is 5.76 Å². The van der Waals surface area contributed by atoms with Crippen LogP contribution in [0.15, 0.2) is 13.6 Å². The van der Waals surface area contributed by atoms with E-state index in [1.807, 2.05) is 0 Å². The summed E-state index contributed by atoms with van der Waals surface area (Å²) in [4.78, 5) is 20.4. The second kappa shape index (κ2) is 2.02. The molecule has 1 heterocycles. The summed E-state index contributed by atoms with van der Waals surface area (Å²) < 4.78 is 8.43. The second-order valence-electron chi connectivity index (χ2n) is 1.64. The van der Waals surface area contributed by atoms with E-state index in [0.717, 1.165) is 0 Å². The van der Waals surface area contributed by atoms with Crippen molar-refractivity contribution in [1.82, 2.24) is 0 Å². The van der Waals surface area contributed by atoms with Crippen molar-refractivity contribution in [3.63, 3.8) is 0 Å². The third-order valence-electron chi connectivity index (χ3n) is 0.936. The Labute approximate surface area is 54.9 Å². The quantitative estimate of drug-likeness (QED) is 0.610. The number of hydrogen-bond acceptors (Lipinski definition) is 4. The maximum absolute atomic E-state index is 10.2. The van der Waals surface area contributed by atoms with Crippen LogP contribution in [-0.4, -0.2) is 11.1 Å². The zero-order chi connectivity index (χ0) is 7.72. The van der Waals surface area contributed by atoms with Gasteiger partial charge in [-0.1, -0.05) is 0 Å². The fourth-order valence-corrected chi connectivity index (χ4v) is 0.542. The van der Waals surface area contributed by atoms with E-state index in [0.29, 0.717) is 0 Å². The van der Waals surface area contributed by atoms with Gasteiger partial charge in [0.2, 0.25) is 0 Å². The van der Waals surface area contributed by atoms with Crippen molar-refractivity contribution in [3.05, 3.63) is 22.1 Å². The first-order valence-electron chi connectivity index (χ1n) is 2.45. The van der Waals surface area contributed by atoms with Crippen LogP contribution in [0.5, 0.6) is 0 Å². The largest absolute Gasteiger partial charge is 0.519 e. The third kappa shape index (κ3) is 0.928. The highest BCUT2D eigenvalue weighted by molar-refractivity contribution is 5.84. The van der Waals surface area contributed by atoms with Crippen LogP contribution in [0.1, 0.15) is 16.3 Å². The van der Waals surface area contributed by atoms with Gasteiger partial charge in [0, 0.05) is 0 Å². The molecule has 5 nitrogen and oxygen atoms in total. The Kier molecular flexibility index (Phi) is 1.33. The molecule has 0 spiro atoms. The Bertz CT molecular complexity index is 304. The molecule has 0 amide bonds. The molecule has 0 saturated carbocycles. The Balaban J connectivity index is 3.28. The van der Waals surface area contributed by atoms with E-state index >= 15 is 0 Å². The minimum absolute atomic E-state index is 0.0162.